The second-order valence-electron chi connectivity index (χ2n) is 7.46. The van der Waals surface area contributed by atoms with Gasteiger partial charge in [0.25, 0.3) is 5.91 Å². The third-order valence-corrected chi connectivity index (χ3v) is 5.75. The number of rotatable bonds is 11. The van der Waals surface area contributed by atoms with E-state index < -0.39 is 6.04 Å². The molecule has 1 N–H and O–H groups in total. The second kappa shape index (κ2) is 12.6. The van der Waals surface area contributed by atoms with Gasteiger partial charge in [-0.3, -0.25) is 9.59 Å². The molecule has 0 aliphatic carbocycles. The van der Waals surface area contributed by atoms with E-state index >= 15 is 0 Å². The van der Waals surface area contributed by atoms with Crippen LogP contribution >= 0.6 is 23.2 Å². The van der Waals surface area contributed by atoms with Gasteiger partial charge in [-0.15, -0.1) is 0 Å². The first kappa shape index (κ1) is 25.8. The van der Waals surface area contributed by atoms with Crippen molar-refractivity contribution in [2.45, 2.75) is 52.2 Å². The van der Waals surface area contributed by atoms with Gasteiger partial charge in [0.1, 0.15) is 17.5 Å². The number of hydrogen-bond acceptors (Lipinski definition) is 4. The molecule has 0 radical (unpaired) electrons. The van der Waals surface area contributed by atoms with E-state index in [9.17, 15) is 9.59 Å². The van der Waals surface area contributed by atoms with E-state index in [-0.39, 0.29) is 31.0 Å². The SMILES string of the molecule is CC[C@@H](C)NC(=O)[C@@H](CC)N(Cc1ccc(Cl)cc1Cl)C(=O)COc1ccc(OC)cc1. The van der Waals surface area contributed by atoms with E-state index in [2.05, 4.69) is 5.32 Å². The minimum Gasteiger partial charge on any atom is -0.497 e. The van der Waals surface area contributed by atoms with E-state index in [0.717, 1.165) is 6.42 Å². The number of carbonyl (C=O) groups is 2. The zero-order chi connectivity index (χ0) is 23.7. The summed E-state index contributed by atoms with van der Waals surface area (Å²) in [5.74, 6) is 0.693. The average Bonchev–Trinajstić information content (AvgIpc) is 2.78. The molecule has 2 aromatic carbocycles. The molecule has 0 heterocycles. The molecular weight excluding hydrogens is 451 g/mol. The van der Waals surface area contributed by atoms with Crippen LogP contribution < -0.4 is 14.8 Å². The van der Waals surface area contributed by atoms with Crippen LogP contribution in [0.25, 0.3) is 0 Å². The number of carbonyl (C=O) groups excluding carboxylic acids is 2. The highest BCUT2D eigenvalue weighted by Crippen LogP contribution is 2.24. The smallest absolute Gasteiger partial charge is 0.261 e. The van der Waals surface area contributed by atoms with Gasteiger partial charge in [0, 0.05) is 22.6 Å². The Bertz CT molecular complexity index is 905. The van der Waals surface area contributed by atoms with Gasteiger partial charge in [0.05, 0.1) is 7.11 Å². The summed E-state index contributed by atoms with van der Waals surface area (Å²) in [5, 5.41) is 3.91. The maximum absolute atomic E-state index is 13.2. The minimum atomic E-state index is -0.664. The number of ether oxygens (including phenoxy) is 2. The van der Waals surface area contributed by atoms with Crippen LogP contribution in [0.4, 0.5) is 0 Å². The highest BCUT2D eigenvalue weighted by atomic mass is 35.5. The Balaban J connectivity index is 2.23. The number of methoxy groups -OCH3 is 1. The van der Waals surface area contributed by atoms with Crippen molar-refractivity contribution in [2.75, 3.05) is 13.7 Å². The molecule has 8 heteroatoms. The predicted octanol–water partition coefficient (Wildman–Crippen LogP) is 5.10. The summed E-state index contributed by atoms with van der Waals surface area (Å²) in [4.78, 5) is 27.7. The predicted molar refractivity (Wildman–Crippen MR) is 127 cm³/mol. The Kier molecular flexibility index (Phi) is 10.1. The molecule has 0 unspecified atom stereocenters. The lowest BCUT2D eigenvalue weighted by Gasteiger charge is -2.31. The van der Waals surface area contributed by atoms with E-state index in [4.69, 9.17) is 32.7 Å². The normalized spacial score (nSPS) is 12.6. The van der Waals surface area contributed by atoms with Crippen LogP contribution in [0.3, 0.4) is 0 Å². The van der Waals surface area contributed by atoms with Gasteiger partial charge in [-0.05, 0) is 61.7 Å². The Morgan fingerprint density at radius 2 is 1.69 bits per heavy atom. The van der Waals surface area contributed by atoms with Crippen molar-refractivity contribution in [3.05, 3.63) is 58.1 Å². The molecule has 6 nitrogen and oxygen atoms in total. The molecule has 0 aromatic heterocycles. The topological polar surface area (TPSA) is 67.9 Å². The Labute approximate surface area is 199 Å². The van der Waals surface area contributed by atoms with E-state index in [1.807, 2.05) is 20.8 Å². The minimum absolute atomic E-state index is 0.00294. The van der Waals surface area contributed by atoms with Gasteiger partial charge in [-0.25, -0.2) is 0 Å². The summed E-state index contributed by atoms with van der Waals surface area (Å²) in [6, 6.07) is 11.4. The fourth-order valence-corrected chi connectivity index (χ4v) is 3.56. The van der Waals surface area contributed by atoms with Gasteiger partial charge in [0.2, 0.25) is 5.91 Å². The summed E-state index contributed by atoms with van der Waals surface area (Å²) in [6.07, 6.45) is 1.24. The molecule has 0 saturated carbocycles. The highest BCUT2D eigenvalue weighted by Gasteiger charge is 2.30. The molecule has 174 valence electrons. The molecule has 2 amide bonds. The molecular formula is C24H30Cl2N2O4. The van der Waals surface area contributed by atoms with Gasteiger partial charge < -0.3 is 19.7 Å². The maximum atomic E-state index is 13.2. The molecule has 0 aliphatic rings. The Hall–Kier alpha value is -2.44. The number of hydrogen-bond donors (Lipinski definition) is 1. The number of nitrogens with one attached hydrogen (secondary N) is 1. The Morgan fingerprint density at radius 3 is 2.25 bits per heavy atom. The molecule has 0 fully saturated rings. The van der Waals surface area contributed by atoms with Crippen molar-refractivity contribution >= 4 is 35.0 Å². The van der Waals surface area contributed by atoms with Gasteiger partial charge in [0.15, 0.2) is 6.61 Å². The standard InChI is InChI=1S/C24H30Cl2N2O4/c1-5-16(3)27-24(30)22(6-2)28(14-17-7-8-18(25)13-21(17)26)23(29)15-32-20-11-9-19(31-4)10-12-20/h7-13,16,22H,5-6,14-15H2,1-4H3,(H,27,30)/t16-,22-/m1/s1. The van der Waals surface area contributed by atoms with Crippen molar-refractivity contribution in [1.29, 1.82) is 0 Å². The first-order valence-corrected chi connectivity index (χ1v) is 11.3. The molecule has 0 saturated heterocycles. The maximum Gasteiger partial charge on any atom is 0.261 e. The number of benzene rings is 2. The molecule has 2 atom stereocenters. The molecule has 32 heavy (non-hydrogen) atoms. The molecule has 2 rings (SSSR count). The van der Waals surface area contributed by atoms with E-state index in [0.29, 0.717) is 33.5 Å². The van der Waals surface area contributed by atoms with E-state index in [1.54, 1.807) is 49.6 Å². The lowest BCUT2D eigenvalue weighted by Crippen LogP contribution is -2.51. The third kappa shape index (κ3) is 7.31. The number of amides is 2. The van der Waals surface area contributed by atoms with Crippen LogP contribution in [0.15, 0.2) is 42.5 Å². The van der Waals surface area contributed by atoms with Crippen LogP contribution in [0.1, 0.15) is 39.2 Å². The first-order valence-electron chi connectivity index (χ1n) is 10.6. The largest absolute Gasteiger partial charge is 0.497 e. The number of halogens is 2. The fourth-order valence-electron chi connectivity index (χ4n) is 3.09. The van der Waals surface area contributed by atoms with Gasteiger partial charge in [-0.1, -0.05) is 43.1 Å². The summed E-state index contributed by atoms with van der Waals surface area (Å²) < 4.78 is 10.8. The zero-order valence-electron chi connectivity index (χ0n) is 18.9. The average molecular weight is 481 g/mol. The van der Waals surface area contributed by atoms with Crippen molar-refractivity contribution in [1.82, 2.24) is 10.2 Å². The quantitative estimate of drug-likeness (QED) is 0.485. The van der Waals surface area contributed by atoms with Crippen LogP contribution in [0, 0.1) is 0 Å². The fraction of sp³-hybridized carbons (Fsp3) is 0.417. The van der Waals surface area contributed by atoms with Crippen molar-refractivity contribution in [2.24, 2.45) is 0 Å². The van der Waals surface area contributed by atoms with Crippen LogP contribution in [-0.2, 0) is 16.1 Å². The summed E-state index contributed by atoms with van der Waals surface area (Å²) >= 11 is 12.4. The summed E-state index contributed by atoms with van der Waals surface area (Å²) in [7, 11) is 1.58. The van der Waals surface area contributed by atoms with E-state index in [1.165, 1.54) is 4.90 Å². The van der Waals surface area contributed by atoms with Crippen LogP contribution in [-0.4, -0.2) is 42.5 Å². The van der Waals surface area contributed by atoms with Crippen molar-refractivity contribution < 1.29 is 19.1 Å². The molecule has 0 bridgehead atoms. The summed E-state index contributed by atoms with van der Waals surface area (Å²) in [6.45, 7) is 5.73. The highest BCUT2D eigenvalue weighted by molar-refractivity contribution is 6.35. The monoisotopic (exact) mass is 480 g/mol. The van der Waals surface area contributed by atoms with Crippen molar-refractivity contribution in [3.8, 4) is 11.5 Å². The lowest BCUT2D eigenvalue weighted by atomic mass is 10.1. The molecule has 0 aliphatic heterocycles. The van der Waals surface area contributed by atoms with Crippen molar-refractivity contribution in [3.63, 3.8) is 0 Å². The lowest BCUT2D eigenvalue weighted by molar-refractivity contribution is -0.143. The third-order valence-electron chi connectivity index (χ3n) is 5.16. The molecule has 2 aromatic rings. The van der Waals surface area contributed by atoms with Crippen LogP contribution in [0.2, 0.25) is 10.0 Å². The molecule has 0 spiro atoms. The van der Waals surface area contributed by atoms with Gasteiger partial charge in [-0.2, -0.15) is 0 Å². The number of nitrogens with zero attached hydrogens (tertiary/aromatic N) is 1. The zero-order valence-corrected chi connectivity index (χ0v) is 20.4. The van der Waals surface area contributed by atoms with Crippen LogP contribution in [0.5, 0.6) is 11.5 Å². The first-order chi connectivity index (χ1) is 15.3. The summed E-state index contributed by atoms with van der Waals surface area (Å²) in [5.41, 5.74) is 0.698. The van der Waals surface area contributed by atoms with Gasteiger partial charge >= 0.3 is 0 Å². The second-order valence-corrected chi connectivity index (χ2v) is 8.31. The Morgan fingerprint density at radius 1 is 1.03 bits per heavy atom.